The fourth-order valence-corrected chi connectivity index (χ4v) is 2.89. The smallest absolute Gasteiger partial charge is 0.251 e. The van der Waals surface area contributed by atoms with E-state index in [0.29, 0.717) is 5.38 Å². The number of amides is 1. The van der Waals surface area contributed by atoms with E-state index in [-0.39, 0.29) is 11.9 Å². The molecule has 17 heavy (non-hydrogen) atoms. The Morgan fingerprint density at radius 1 is 1.29 bits per heavy atom. The van der Waals surface area contributed by atoms with E-state index in [9.17, 15) is 4.79 Å². The lowest BCUT2D eigenvalue weighted by molar-refractivity contribution is 0.0928. The van der Waals surface area contributed by atoms with Crippen molar-refractivity contribution in [2.75, 3.05) is 0 Å². The molecule has 92 valence electrons. The molecule has 4 heteroatoms. The van der Waals surface area contributed by atoms with Crippen LogP contribution in [0.1, 0.15) is 36.0 Å². The maximum atomic E-state index is 12.0. The molecule has 1 fully saturated rings. The van der Waals surface area contributed by atoms with Crippen molar-refractivity contribution in [1.29, 1.82) is 0 Å². The van der Waals surface area contributed by atoms with Gasteiger partial charge in [-0.15, -0.1) is 11.6 Å². The molecule has 0 spiro atoms. The minimum atomic E-state index is 0.0292. The van der Waals surface area contributed by atoms with Crippen LogP contribution in [-0.2, 0) is 0 Å². The summed E-state index contributed by atoms with van der Waals surface area (Å²) in [6.45, 7) is 0. The zero-order chi connectivity index (χ0) is 12.3. The van der Waals surface area contributed by atoms with Crippen LogP contribution in [0.25, 0.3) is 0 Å². The topological polar surface area (TPSA) is 29.1 Å². The van der Waals surface area contributed by atoms with Gasteiger partial charge in [-0.1, -0.05) is 6.07 Å². The van der Waals surface area contributed by atoms with Crippen molar-refractivity contribution in [1.82, 2.24) is 5.32 Å². The molecular weight excluding hydrogens is 349 g/mol. The van der Waals surface area contributed by atoms with Gasteiger partial charge >= 0.3 is 0 Å². The van der Waals surface area contributed by atoms with Crippen LogP contribution < -0.4 is 5.32 Å². The van der Waals surface area contributed by atoms with Gasteiger partial charge in [0.05, 0.1) is 0 Å². The molecule has 1 aromatic rings. The Morgan fingerprint density at radius 3 is 2.65 bits per heavy atom. The molecule has 1 aliphatic carbocycles. The molecule has 0 aromatic heterocycles. The third-order valence-corrected chi connectivity index (χ3v) is 4.19. The highest BCUT2D eigenvalue weighted by Crippen LogP contribution is 2.23. The molecule has 1 aliphatic rings. The molecule has 0 radical (unpaired) electrons. The Bertz CT molecular complexity index is 402. The van der Waals surface area contributed by atoms with Crippen molar-refractivity contribution in [3.8, 4) is 0 Å². The first-order chi connectivity index (χ1) is 8.15. The van der Waals surface area contributed by atoms with Crippen molar-refractivity contribution in [3.05, 3.63) is 33.4 Å². The molecule has 0 aliphatic heterocycles. The summed E-state index contributed by atoms with van der Waals surface area (Å²) in [5.41, 5.74) is 0.741. The molecule has 1 aromatic carbocycles. The first-order valence-electron chi connectivity index (χ1n) is 5.85. The van der Waals surface area contributed by atoms with Gasteiger partial charge in [0.15, 0.2) is 0 Å². The Hall–Kier alpha value is -0.290. The van der Waals surface area contributed by atoms with Crippen molar-refractivity contribution in [2.45, 2.75) is 37.1 Å². The Kier molecular flexibility index (Phi) is 4.68. The second-order valence-electron chi connectivity index (χ2n) is 4.43. The first kappa shape index (κ1) is 13.1. The lowest BCUT2D eigenvalue weighted by atomic mass is 9.95. The van der Waals surface area contributed by atoms with Gasteiger partial charge < -0.3 is 5.32 Å². The summed E-state index contributed by atoms with van der Waals surface area (Å²) in [4.78, 5) is 12.0. The van der Waals surface area contributed by atoms with Crippen LogP contribution in [0.3, 0.4) is 0 Å². The van der Waals surface area contributed by atoms with Crippen molar-refractivity contribution in [2.24, 2.45) is 0 Å². The number of carbonyl (C=O) groups is 1. The molecular formula is C13H15ClINO. The van der Waals surface area contributed by atoms with Crippen LogP contribution in [0.4, 0.5) is 0 Å². The van der Waals surface area contributed by atoms with Crippen LogP contribution in [0.5, 0.6) is 0 Å². The fraction of sp³-hybridized carbons (Fsp3) is 0.462. The second kappa shape index (κ2) is 6.05. The molecule has 1 amide bonds. The zero-order valence-corrected chi connectivity index (χ0v) is 12.4. The molecule has 2 rings (SSSR count). The molecule has 1 saturated carbocycles. The minimum Gasteiger partial charge on any atom is -0.349 e. The largest absolute Gasteiger partial charge is 0.349 e. The number of rotatable bonds is 2. The molecule has 0 bridgehead atoms. The molecule has 0 atom stereocenters. The van der Waals surface area contributed by atoms with E-state index in [1.54, 1.807) is 0 Å². The fourth-order valence-electron chi connectivity index (χ4n) is 2.10. The molecule has 2 nitrogen and oxygen atoms in total. The minimum absolute atomic E-state index is 0.0292. The SMILES string of the molecule is O=C(NC1CCC(Cl)CC1)c1cccc(I)c1. The average molecular weight is 364 g/mol. The maximum absolute atomic E-state index is 12.0. The summed E-state index contributed by atoms with van der Waals surface area (Å²) < 4.78 is 1.08. The highest BCUT2D eigenvalue weighted by molar-refractivity contribution is 14.1. The lowest BCUT2D eigenvalue weighted by Crippen LogP contribution is -2.37. The third-order valence-electron chi connectivity index (χ3n) is 3.08. The van der Waals surface area contributed by atoms with Gasteiger partial charge in [-0.25, -0.2) is 0 Å². The van der Waals surface area contributed by atoms with E-state index in [4.69, 9.17) is 11.6 Å². The Labute approximate surface area is 120 Å². The maximum Gasteiger partial charge on any atom is 0.251 e. The summed E-state index contributed by atoms with van der Waals surface area (Å²) in [5.74, 6) is 0.0292. The number of hydrogen-bond donors (Lipinski definition) is 1. The summed E-state index contributed by atoms with van der Waals surface area (Å²) in [7, 11) is 0. The van der Waals surface area contributed by atoms with E-state index in [0.717, 1.165) is 34.8 Å². The summed E-state index contributed by atoms with van der Waals surface area (Å²) in [6, 6.07) is 7.94. The van der Waals surface area contributed by atoms with Crippen LogP contribution in [0, 0.1) is 3.57 Å². The summed E-state index contributed by atoms with van der Waals surface area (Å²) >= 11 is 8.26. The first-order valence-corrected chi connectivity index (χ1v) is 7.37. The third kappa shape index (κ3) is 3.85. The van der Waals surface area contributed by atoms with E-state index in [1.165, 1.54) is 0 Å². The number of alkyl halides is 1. The van der Waals surface area contributed by atoms with Gasteiger partial charge in [-0.05, 0) is 66.5 Å². The normalized spacial score (nSPS) is 24.4. The van der Waals surface area contributed by atoms with Gasteiger partial charge in [0, 0.05) is 20.6 Å². The highest BCUT2D eigenvalue weighted by atomic mass is 127. The van der Waals surface area contributed by atoms with Gasteiger partial charge in [-0.2, -0.15) is 0 Å². The van der Waals surface area contributed by atoms with Gasteiger partial charge in [-0.3, -0.25) is 4.79 Å². The van der Waals surface area contributed by atoms with E-state index < -0.39 is 0 Å². The molecule has 0 unspecified atom stereocenters. The van der Waals surface area contributed by atoms with Crippen LogP contribution in [0.2, 0.25) is 0 Å². The second-order valence-corrected chi connectivity index (χ2v) is 6.30. The number of hydrogen-bond acceptors (Lipinski definition) is 1. The quantitative estimate of drug-likeness (QED) is 0.632. The van der Waals surface area contributed by atoms with Gasteiger partial charge in [0.25, 0.3) is 5.91 Å². The van der Waals surface area contributed by atoms with Crippen molar-refractivity contribution >= 4 is 40.1 Å². The standard InChI is InChI=1S/C13H15ClINO/c14-10-4-6-12(7-5-10)16-13(17)9-2-1-3-11(15)8-9/h1-3,8,10,12H,4-7H2,(H,16,17). The molecule has 0 heterocycles. The van der Waals surface area contributed by atoms with Gasteiger partial charge in [0.2, 0.25) is 0 Å². The van der Waals surface area contributed by atoms with Crippen molar-refractivity contribution < 1.29 is 4.79 Å². The predicted molar refractivity (Wildman–Crippen MR) is 78.5 cm³/mol. The monoisotopic (exact) mass is 363 g/mol. The van der Waals surface area contributed by atoms with Crippen LogP contribution >= 0.6 is 34.2 Å². The van der Waals surface area contributed by atoms with Crippen LogP contribution in [0.15, 0.2) is 24.3 Å². The Morgan fingerprint density at radius 2 is 2.00 bits per heavy atom. The lowest BCUT2D eigenvalue weighted by Gasteiger charge is -2.25. The number of nitrogens with one attached hydrogen (secondary N) is 1. The Balaban J connectivity index is 1.93. The van der Waals surface area contributed by atoms with E-state index in [1.807, 2.05) is 24.3 Å². The number of carbonyl (C=O) groups excluding carboxylic acids is 1. The zero-order valence-electron chi connectivity index (χ0n) is 9.46. The van der Waals surface area contributed by atoms with Crippen molar-refractivity contribution in [3.63, 3.8) is 0 Å². The number of benzene rings is 1. The predicted octanol–water partition coefficient (Wildman–Crippen LogP) is 3.57. The van der Waals surface area contributed by atoms with Gasteiger partial charge in [0.1, 0.15) is 0 Å². The molecule has 0 saturated heterocycles. The highest BCUT2D eigenvalue weighted by Gasteiger charge is 2.21. The van der Waals surface area contributed by atoms with E-state index in [2.05, 4.69) is 27.9 Å². The summed E-state index contributed by atoms with van der Waals surface area (Å²) in [6.07, 6.45) is 3.98. The van der Waals surface area contributed by atoms with Crippen LogP contribution in [-0.4, -0.2) is 17.3 Å². The van der Waals surface area contributed by atoms with E-state index >= 15 is 0 Å². The molecule has 1 N–H and O–H groups in total. The summed E-state index contributed by atoms with van der Waals surface area (Å²) in [5, 5.41) is 3.37. The number of halogens is 2. The average Bonchev–Trinajstić information content (AvgIpc) is 2.32.